The lowest BCUT2D eigenvalue weighted by Crippen LogP contribution is -2.42. The topological polar surface area (TPSA) is 20.2 Å². The molecule has 0 saturated carbocycles. The van der Waals surface area contributed by atoms with Crippen molar-refractivity contribution in [2.24, 2.45) is 0 Å². The van der Waals surface area contributed by atoms with Crippen LogP contribution < -0.4 is 0 Å². The molecule has 0 amide bonds. The smallest absolute Gasteiger partial charge is 0.391 e. The molecule has 0 unspecified atom stereocenters. The molecule has 0 rings (SSSR count). The van der Waals surface area contributed by atoms with Gasteiger partial charge in [-0.15, -0.1) is 0 Å². The predicted molar refractivity (Wildman–Crippen MR) is 77.3 cm³/mol. The van der Waals surface area contributed by atoms with E-state index in [0.29, 0.717) is 6.61 Å². The van der Waals surface area contributed by atoms with Crippen molar-refractivity contribution in [1.29, 1.82) is 0 Å². The van der Waals surface area contributed by atoms with E-state index in [-0.39, 0.29) is 0 Å². The van der Waals surface area contributed by atoms with Gasteiger partial charge >= 0.3 is 5.51 Å². The van der Waals surface area contributed by atoms with E-state index in [1.807, 2.05) is 0 Å². The number of aliphatic hydroxyl groups is 1. The van der Waals surface area contributed by atoms with Crippen LogP contribution in [0.3, 0.4) is 0 Å². The molecule has 0 saturated heterocycles. The summed E-state index contributed by atoms with van der Waals surface area (Å²) in [5.41, 5.74) is -4.31. The summed E-state index contributed by atoms with van der Waals surface area (Å²) >= 11 is 2.12. The number of aliphatic hydroxyl groups excluding tert-OH is 1. The van der Waals surface area contributed by atoms with Crippen molar-refractivity contribution >= 4 is 12.6 Å². The van der Waals surface area contributed by atoms with Crippen molar-refractivity contribution in [3.8, 4) is 0 Å². The Kier molecular flexibility index (Phi) is 13.3. The monoisotopic (exact) mass is 304 g/mol. The molecule has 2 nitrogen and oxygen atoms in total. The molecule has 0 aliphatic heterocycles. The molecule has 0 bridgehead atoms. The van der Waals surface area contributed by atoms with Crippen molar-refractivity contribution < 1.29 is 22.8 Å². The van der Waals surface area contributed by atoms with Crippen molar-refractivity contribution in [3.63, 3.8) is 0 Å². The van der Waals surface area contributed by atoms with Gasteiger partial charge in [-0.05, 0) is 12.8 Å². The zero-order valence-electron chi connectivity index (χ0n) is 12.3. The first-order valence-corrected chi connectivity index (χ1v) is 7.29. The number of nitrogens with zero attached hydrogens (tertiary/aromatic N) is 1. The first-order valence-electron chi connectivity index (χ1n) is 6.84. The van der Waals surface area contributed by atoms with Gasteiger partial charge in [0, 0.05) is 0 Å². The molecule has 0 atom stereocenters. The highest BCUT2D eigenvalue weighted by molar-refractivity contribution is 7.81. The van der Waals surface area contributed by atoms with Gasteiger partial charge < -0.3 is 9.59 Å². The molecule has 19 heavy (non-hydrogen) atoms. The Morgan fingerprint density at radius 2 is 1.37 bits per heavy atom. The summed E-state index contributed by atoms with van der Waals surface area (Å²) in [5, 5.41) is 8.86. The Bertz CT molecular complexity index is 193. The molecule has 0 fully saturated rings. The van der Waals surface area contributed by atoms with E-state index in [1.54, 1.807) is 0 Å². The third-order valence-corrected chi connectivity index (χ3v) is 2.82. The fourth-order valence-electron chi connectivity index (χ4n) is 1.70. The van der Waals surface area contributed by atoms with Crippen molar-refractivity contribution in [3.05, 3.63) is 0 Å². The normalized spacial score (nSPS) is 12.0. The number of rotatable bonds is 9. The minimum Gasteiger partial charge on any atom is -0.391 e. The molecule has 0 radical (unpaired) electrons. The van der Waals surface area contributed by atoms with Crippen LogP contribution in [0.25, 0.3) is 0 Å². The standard InChI is InChI=1S/C12H28NO.CHF3S/c1-4-5-6-7-8-9-10-13(2,3)11-12-14;2-1(3,4)5/h14H,4-12H2,1-3H3;5H/q+1;. The average molecular weight is 304 g/mol. The van der Waals surface area contributed by atoms with Crippen LogP contribution in [0, 0.1) is 0 Å². The van der Waals surface area contributed by atoms with E-state index in [0.717, 1.165) is 11.0 Å². The predicted octanol–water partition coefficient (Wildman–Crippen LogP) is 3.85. The highest BCUT2D eigenvalue weighted by atomic mass is 32.1. The largest absolute Gasteiger partial charge is 0.438 e. The number of halogens is 3. The first-order chi connectivity index (χ1) is 8.62. The Balaban J connectivity index is 0. The van der Waals surface area contributed by atoms with E-state index in [2.05, 4.69) is 33.6 Å². The van der Waals surface area contributed by atoms with Crippen molar-refractivity contribution in [2.45, 2.75) is 51.0 Å². The Morgan fingerprint density at radius 3 is 1.79 bits per heavy atom. The molecule has 0 aromatic carbocycles. The van der Waals surface area contributed by atoms with Gasteiger partial charge in [-0.2, -0.15) is 13.2 Å². The van der Waals surface area contributed by atoms with Crippen LogP contribution in [0.2, 0.25) is 0 Å². The van der Waals surface area contributed by atoms with Crippen molar-refractivity contribution in [1.82, 2.24) is 0 Å². The average Bonchev–Trinajstić information content (AvgIpc) is 2.20. The van der Waals surface area contributed by atoms with E-state index in [1.165, 1.54) is 45.1 Å². The number of quaternary nitrogens is 1. The Hall–Kier alpha value is 0.0600. The van der Waals surface area contributed by atoms with Gasteiger partial charge in [-0.25, -0.2) is 0 Å². The maximum atomic E-state index is 10.2. The summed E-state index contributed by atoms with van der Waals surface area (Å²) in [4.78, 5) is 0. The fourth-order valence-corrected chi connectivity index (χ4v) is 1.70. The van der Waals surface area contributed by atoms with Crippen LogP contribution in [-0.2, 0) is 0 Å². The molecule has 0 aliphatic carbocycles. The molecule has 0 aromatic rings. The molecule has 118 valence electrons. The quantitative estimate of drug-likeness (QED) is 0.377. The van der Waals surface area contributed by atoms with E-state index >= 15 is 0 Å². The second-order valence-electron chi connectivity index (χ2n) is 5.34. The summed E-state index contributed by atoms with van der Waals surface area (Å²) < 4.78 is 31.6. The fraction of sp³-hybridized carbons (Fsp3) is 1.00. The number of alkyl halides is 3. The lowest BCUT2D eigenvalue weighted by molar-refractivity contribution is -0.890. The van der Waals surface area contributed by atoms with Crippen LogP contribution >= 0.6 is 12.6 Å². The van der Waals surface area contributed by atoms with Gasteiger partial charge in [0.15, 0.2) is 0 Å². The molecule has 0 spiro atoms. The summed E-state index contributed by atoms with van der Waals surface area (Å²) in [6, 6.07) is 0. The zero-order valence-corrected chi connectivity index (χ0v) is 13.2. The third-order valence-electron chi connectivity index (χ3n) is 2.82. The summed E-state index contributed by atoms with van der Waals surface area (Å²) in [7, 11) is 4.39. The van der Waals surface area contributed by atoms with Crippen LogP contribution in [0.5, 0.6) is 0 Å². The van der Waals surface area contributed by atoms with Gasteiger partial charge in [0.25, 0.3) is 0 Å². The molecule has 0 heterocycles. The van der Waals surface area contributed by atoms with Crippen LogP contribution in [0.1, 0.15) is 45.4 Å². The molecule has 6 heteroatoms. The number of hydrogen-bond acceptors (Lipinski definition) is 2. The van der Waals surface area contributed by atoms with Gasteiger partial charge in [0.05, 0.1) is 27.2 Å². The highest BCUT2D eigenvalue weighted by Crippen LogP contribution is 2.17. The molecular formula is C13H29F3NOS+. The summed E-state index contributed by atoms with van der Waals surface area (Å²) in [6.45, 7) is 4.64. The SMILES string of the molecule is CCCCCCCC[N+](C)(C)CCO.FC(F)(F)S. The maximum absolute atomic E-state index is 10.2. The van der Waals surface area contributed by atoms with Crippen LogP contribution in [0.4, 0.5) is 13.2 Å². The van der Waals surface area contributed by atoms with E-state index in [9.17, 15) is 13.2 Å². The van der Waals surface area contributed by atoms with Gasteiger partial charge in [-0.3, -0.25) is 0 Å². The summed E-state index contributed by atoms with van der Waals surface area (Å²) in [6.07, 6.45) is 8.14. The lowest BCUT2D eigenvalue weighted by atomic mass is 10.1. The first kappa shape index (κ1) is 21.4. The second kappa shape index (κ2) is 11.9. The van der Waals surface area contributed by atoms with E-state index in [4.69, 9.17) is 5.11 Å². The van der Waals surface area contributed by atoms with Gasteiger partial charge in [0.1, 0.15) is 6.54 Å². The Morgan fingerprint density at radius 1 is 0.947 bits per heavy atom. The minimum atomic E-state index is -4.31. The van der Waals surface area contributed by atoms with Gasteiger partial charge in [-0.1, -0.05) is 45.2 Å². The molecule has 0 aliphatic rings. The molecule has 1 N–H and O–H groups in total. The zero-order chi connectivity index (χ0) is 15.4. The van der Waals surface area contributed by atoms with Crippen molar-refractivity contribution in [2.75, 3.05) is 33.8 Å². The second-order valence-corrected chi connectivity index (χ2v) is 5.85. The molecular weight excluding hydrogens is 275 g/mol. The highest BCUT2D eigenvalue weighted by Gasteiger charge is 2.17. The van der Waals surface area contributed by atoms with Crippen LogP contribution in [0.15, 0.2) is 0 Å². The number of thiol groups is 1. The maximum Gasteiger partial charge on any atom is 0.438 e. The third kappa shape index (κ3) is 27.3. The number of unbranched alkanes of at least 4 members (excludes halogenated alkanes) is 5. The lowest BCUT2D eigenvalue weighted by Gasteiger charge is -2.28. The molecule has 0 aromatic heterocycles. The van der Waals surface area contributed by atoms with Crippen LogP contribution in [-0.4, -0.2) is 48.9 Å². The van der Waals surface area contributed by atoms with Gasteiger partial charge in [0.2, 0.25) is 0 Å². The summed E-state index contributed by atoms with van der Waals surface area (Å²) in [5.74, 6) is 0. The number of hydrogen-bond donors (Lipinski definition) is 2. The minimum absolute atomic E-state index is 0.308. The number of likely N-dealkylation sites (N-methyl/N-ethyl adjacent to an activating group) is 1. The van der Waals surface area contributed by atoms with E-state index < -0.39 is 5.51 Å². The Labute approximate surface area is 121 Å².